The number of rotatable bonds is 5. The van der Waals surface area contributed by atoms with Gasteiger partial charge in [0, 0.05) is 16.5 Å². The number of nitrogens with zero attached hydrogens (tertiary/aromatic N) is 3. The molecule has 0 aliphatic rings. The van der Waals surface area contributed by atoms with Crippen molar-refractivity contribution in [3.8, 4) is 0 Å². The van der Waals surface area contributed by atoms with Crippen molar-refractivity contribution in [2.75, 3.05) is 18.5 Å². The van der Waals surface area contributed by atoms with Gasteiger partial charge in [0.2, 0.25) is 0 Å². The Balaban J connectivity index is 2.68. The van der Waals surface area contributed by atoms with E-state index in [1.165, 1.54) is 6.07 Å². The van der Waals surface area contributed by atoms with Crippen LogP contribution in [0.3, 0.4) is 0 Å². The number of fused-ring (bicyclic) bond motifs is 1. The second-order valence-electron chi connectivity index (χ2n) is 7.45. The second-order valence-corrected chi connectivity index (χ2v) is 8.48. The van der Waals surface area contributed by atoms with Gasteiger partial charge in [-0.05, 0) is 39.7 Å². The Labute approximate surface area is 172 Å². The number of carbonyl (C=O) groups is 2. The standard InChI is InChI=1S/C19H27N3O5S/c1-8-26-14(23)10-22-17(24)16-12(15(20-22)11(2)3)9-13(28-16)21(7)18(25)27-19(4,5)6/h9,11H,8,10H2,1-7H3/i7D3. The summed E-state index contributed by atoms with van der Waals surface area (Å²) in [4.78, 5) is 38.1. The highest BCUT2D eigenvalue weighted by Gasteiger charge is 2.24. The largest absolute Gasteiger partial charge is 0.465 e. The van der Waals surface area contributed by atoms with Gasteiger partial charge >= 0.3 is 12.1 Å². The summed E-state index contributed by atoms with van der Waals surface area (Å²) < 4.78 is 34.8. The van der Waals surface area contributed by atoms with E-state index in [4.69, 9.17) is 13.6 Å². The van der Waals surface area contributed by atoms with E-state index in [9.17, 15) is 14.4 Å². The normalized spacial score (nSPS) is 13.8. The summed E-state index contributed by atoms with van der Waals surface area (Å²) in [6.45, 7) is 7.21. The lowest BCUT2D eigenvalue weighted by Gasteiger charge is -2.23. The van der Waals surface area contributed by atoms with Crippen LogP contribution >= 0.6 is 11.3 Å². The van der Waals surface area contributed by atoms with Crippen LogP contribution in [0.1, 0.15) is 57.3 Å². The quantitative estimate of drug-likeness (QED) is 0.698. The summed E-state index contributed by atoms with van der Waals surface area (Å²) in [5, 5.41) is 4.75. The van der Waals surface area contributed by atoms with Crippen LogP contribution in [0.4, 0.5) is 9.80 Å². The van der Waals surface area contributed by atoms with Crippen LogP contribution in [0.15, 0.2) is 10.9 Å². The SMILES string of the molecule is [2H]C([2H])([2H])N(C(=O)OC(C)(C)C)c1cc2c(C(C)C)nn(CC(=O)OCC)c(=O)c2s1. The Kier molecular flexibility index (Phi) is 5.24. The fraction of sp³-hybridized carbons (Fsp3) is 0.579. The second kappa shape index (κ2) is 8.30. The summed E-state index contributed by atoms with van der Waals surface area (Å²) >= 11 is 0.839. The Morgan fingerprint density at radius 1 is 1.39 bits per heavy atom. The molecule has 0 atom stereocenters. The molecule has 0 saturated heterocycles. The van der Waals surface area contributed by atoms with Gasteiger partial charge in [0.05, 0.1) is 12.3 Å². The van der Waals surface area contributed by atoms with Crippen LogP contribution in [0.25, 0.3) is 10.1 Å². The summed E-state index contributed by atoms with van der Waals surface area (Å²) in [6.07, 6.45) is -1.05. The lowest BCUT2D eigenvalue weighted by molar-refractivity contribution is -0.144. The van der Waals surface area contributed by atoms with Gasteiger partial charge in [0.15, 0.2) is 0 Å². The molecule has 2 rings (SSSR count). The molecular formula is C19H27N3O5S. The lowest BCUT2D eigenvalue weighted by Crippen LogP contribution is -2.33. The fourth-order valence-electron chi connectivity index (χ4n) is 2.44. The van der Waals surface area contributed by atoms with Crippen LogP contribution in [-0.2, 0) is 20.8 Å². The van der Waals surface area contributed by atoms with E-state index in [0.29, 0.717) is 16.0 Å². The van der Waals surface area contributed by atoms with Crippen molar-refractivity contribution in [1.29, 1.82) is 0 Å². The first-order chi connectivity index (χ1) is 14.2. The zero-order valence-electron chi connectivity index (χ0n) is 19.9. The molecule has 154 valence electrons. The minimum absolute atomic E-state index is 0.0268. The zero-order valence-corrected chi connectivity index (χ0v) is 17.7. The zero-order chi connectivity index (χ0) is 23.7. The molecule has 0 radical (unpaired) electrons. The van der Waals surface area contributed by atoms with E-state index in [1.54, 1.807) is 27.7 Å². The number of hydrogen-bond donors (Lipinski definition) is 0. The Hall–Kier alpha value is -2.42. The topological polar surface area (TPSA) is 90.7 Å². The Bertz CT molecular complexity index is 1040. The van der Waals surface area contributed by atoms with Crippen molar-refractivity contribution in [3.05, 3.63) is 22.1 Å². The summed E-state index contributed by atoms with van der Waals surface area (Å²) in [5.74, 6) is -0.748. The fourth-order valence-corrected chi connectivity index (χ4v) is 3.46. The van der Waals surface area contributed by atoms with Gasteiger partial charge in [-0.3, -0.25) is 14.5 Å². The molecule has 0 bridgehead atoms. The summed E-state index contributed by atoms with van der Waals surface area (Å²) in [7, 11) is 0. The molecule has 1 amide bonds. The molecule has 0 unspecified atom stereocenters. The summed E-state index contributed by atoms with van der Waals surface area (Å²) in [5.41, 5.74) is -0.983. The third-order valence-corrected chi connectivity index (χ3v) is 4.69. The van der Waals surface area contributed by atoms with Crippen LogP contribution in [0, 0.1) is 0 Å². The van der Waals surface area contributed by atoms with Crippen molar-refractivity contribution in [3.63, 3.8) is 0 Å². The number of esters is 1. The highest BCUT2D eigenvalue weighted by molar-refractivity contribution is 7.22. The molecule has 2 aromatic heterocycles. The predicted octanol–water partition coefficient (Wildman–Crippen LogP) is 3.52. The first kappa shape index (κ1) is 17.7. The smallest absolute Gasteiger partial charge is 0.415 e. The van der Waals surface area contributed by atoms with Gasteiger partial charge in [0.1, 0.15) is 21.8 Å². The van der Waals surface area contributed by atoms with Gasteiger partial charge < -0.3 is 9.47 Å². The van der Waals surface area contributed by atoms with Gasteiger partial charge in [-0.25, -0.2) is 9.48 Å². The number of aromatic nitrogens is 2. The average Bonchev–Trinajstić information content (AvgIpc) is 2.99. The molecule has 0 fully saturated rings. The molecule has 2 aromatic rings. The van der Waals surface area contributed by atoms with E-state index in [0.717, 1.165) is 16.0 Å². The highest BCUT2D eigenvalue weighted by atomic mass is 32.1. The van der Waals surface area contributed by atoms with Crippen LogP contribution in [-0.4, -0.2) is 41.0 Å². The van der Waals surface area contributed by atoms with Crippen molar-refractivity contribution in [2.24, 2.45) is 0 Å². The molecule has 0 aliphatic carbocycles. The van der Waals surface area contributed by atoms with Crippen molar-refractivity contribution in [2.45, 2.75) is 59.6 Å². The molecule has 0 saturated carbocycles. The minimum atomic E-state index is -2.83. The Morgan fingerprint density at radius 2 is 2.07 bits per heavy atom. The Morgan fingerprint density at radius 3 is 2.61 bits per heavy atom. The van der Waals surface area contributed by atoms with Gasteiger partial charge in [-0.1, -0.05) is 13.8 Å². The maximum atomic E-state index is 13.0. The predicted molar refractivity (Wildman–Crippen MR) is 109 cm³/mol. The monoisotopic (exact) mass is 412 g/mol. The van der Waals surface area contributed by atoms with Crippen LogP contribution in [0.2, 0.25) is 0 Å². The minimum Gasteiger partial charge on any atom is -0.465 e. The van der Waals surface area contributed by atoms with E-state index >= 15 is 0 Å². The number of ether oxygens (including phenoxy) is 2. The number of hydrogen-bond acceptors (Lipinski definition) is 7. The molecule has 9 heteroatoms. The maximum absolute atomic E-state index is 13.0. The van der Waals surface area contributed by atoms with Gasteiger partial charge in [-0.15, -0.1) is 11.3 Å². The lowest BCUT2D eigenvalue weighted by atomic mass is 10.1. The molecular weight excluding hydrogens is 382 g/mol. The maximum Gasteiger partial charge on any atom is 0.415 e. The van der Waals surface area contributed by atoms with E-state index in [-0.39, 0.29) is 28.8 Å². The van der Waals surface area contributed by atoms with Crippen molar-refractivity contribution < 1.29 is 23.2 Å². The van der Waals surface area contributed by atoms with E-state index in [2.05, 4.69) is 5.10 Å². The van der Waals surface area contributed by atoms with Gasteiger partial charge in [-0.2, -0.15) is 5.10 Å². The average molecular weight is 413 g/mol. The number of thiophene rings is 1. The summed E-state index contributed by atoms with van der Waals surface area (Å²) in [6, 6.07) is 1.45. The van der Waals surface area contributed by atoms with Crippen molar-refractivity contribution >= 4 is 38.5 Å². The third-order valence-electron chi connectivity index (χ3n) is 3.58. The first-order valence-corrected chi connectivity index (χ1v) is 9.70. The molecule has 8 nitrogen and oxygen atoms in total. The molecule has 2 heterocycles. The highest BCUT2D eigenvalue weighted by Crippen LogP contribution is 2.34. The number of anilines is 1. The van der Waals surface area contributed by atoms with Crippen molar-refractivity contribution in [1.82, 2.24) is 9.78 Å². The molecule has 0 aromatic carbocycles. The number of carbonyl (C=O) groups excluding carboxylic acids is 2. The van der Waals surface area contributed by atoms with Crippen LogP contribution < -0.4 is 10.5 Å². The molecule has 0 spiro atoms. The van der Waals surface area contributed by atoms with Crippen LogP contribution in [0.5, 0.6) is 0 Å². The third kappa shape index (κ3) is 4.89. The van der Waals surface area contributed by atoms with Gasteiger partial charge in [0.25, 0.3) is 5.56 Å². The molecule has 0 aliphatic heterocycles. The van der Waals surface area contributed by atoms with E-state index < -0.39 is 30.2 Å². The number of amides is 1. The first-order valence-electron chi connectivity index (χ1n) is 10.4. The molecule has 28 heavy (non-hydrogen) atoms. The molecule has 0 N–H and O–H groups in total. The van der Waals surface area contributed by atoms with E-state index in [1.807, 2.05) is 13.8 Å².